The molecule has 0 bridgehead atoms. The fourth-order valence-electron chi connectivity index (χ4n) is 4.06. The molecule has 3 aromatic rings. The van der Waals surface area contributed by atoms with Crippen molar-refractivity contribution in [2.24, 2.45) is 0 Å². The summed E-state index contributed by atoms with van der Waals surface area (Å²) >= 11 is 0. The minimum Gasteiger partial charge on any atom is -0.484 e. The van der Waals surface area contributed by atoms with E-state index in [1.807, 2.05) is 64.1 Å². The van der Waals surface area contributed by atoms with E-state index in [9.17, 15) is 9.59 Å². The molecule has 4 rings (SSSR count). The number of benzene rings is 2. The lowest BCUT2D eigenvalue weighted by Gasteiger charge is -2.27. The molecular weight excluding hydrogens is 404 g/mol. The zero-order chi connectivity index (χ0) is 22.2. The van der Waals surface area contributed by atoms with Crippen molar-refractivity contribution in [3.8, 4) is 5.75 Å². The van der Waals surface area contributed by atoms with Crippen molar-refractivity contribution in [2.75, 3.05) is 26.2 Å². The number of ether oxygens (including phenoxy) is 1. The van der Waals surface area contributed by atoms with Crippen molar-refractivity contribution in [1.82, 2.24) is 19.8 Å². The smallest absolute Gasteiger partial charge is 0.257 e. The number of rotatable bonds is 9. The SMILES string of the molecule is O=C(COc1ccccc1)NCCCc1nc2ccccc2n1CC(=O)N1CCCCC1. The van der Waals surface area contributed by atoms with E-state index in [0.717, 1.165) is 49.2 Å². The van der Waals surface area contributed by atoms with Crippen LogP contribution in [-0.2, 0) is 22.6 Å². The lowest BCUT2D eigenvalue weighted by Crippen LogP contribution is -2.38. The number of imidazole rings is 1. The van der Waals surface area contributed by atoms with E-state index in [1.165, 1.54) is 6.42 Å². The Morgan fingerprint density at radius 2 is 1.72 bits per heavy atom. The molecule has 2 aromatic carbocycles. The molecule has 0 spiro atoms. The zero-order valence-corrected chi connectivity index (χ0v) is 18.3. The third kappa shape index (κ3) is 5.66. The quantitative estimate of drug-likeness (QED) is 0.525. The topological polar surface area (TPSA) is 76.5 Å². The summed E-state index contributed by atoms with van der Waals surface area (Å²) in [6.45, 7) is 2.52. The average molecular weight is 435 g/mol. The van der Waals surface area contributed by atoms with Gasteiger partial charge in [0.2, 0.25) is 5.91 Å². The Hall–Kier alpha value is -3.35. The predicted molar refractivity (Wildman–Crippen MR) is 123 cm³/mol. The van der Waals surface area contributed by atoms with E-state index in [2.05, 4.69) is 5.32 Å². The molecule has 0 saturated carbocycles. The molecule has 0 aliphatic carbocycles. The van der Waals surface area contributed by atoms with Crippen LogP contribution in [0.1, 0.15) is 31.5 Å². The van der Waals surface area contributed by atoms with E-state index >= 15 is 0 Å². The van der Waals surface area contributed by atoms with Crippen molar-refractivity contribution in [2.45, 2.75) is 38.6 Å². The molecule has 0 radical (unpaired) electrons. The Labute approximate surface area is 188 Å². The molecule has 0 unspecified atom stereocenters. The van der Waals surface area contributed by atoms with Crippen LogP contribution in [0.15, 0.2) is 54.6 Å². The largest absolute Gasteiger partial charge is 0.484 e. The van der Waals surface area contributed by atoms with Gasteiger partial charge < -0.3 is 19.5 Å². The number of para-hydroxylation sites is 3. The first-order valence-electron chi connectivity index (χ1n) is 11.4. The van der Waals surface area contributed by atoms with Gasteiger partial charge in [0.15, 0.2) is 6.61 Å². The minimum atomic E-state index is -0.150. The van der Waals surface area contributed by atoms with Gasteiger partial charge in [-0.05, 0) is 49.9 Å². The van der Waals surface area contributed by atoms with Crippen molar-refractivity contribution in [3.63, 3.8) is 0 Å². The van der Waals surface area contributed by atoms with E-state index in [-0.39, 0.29) is 18.4 Å². The van der Waals surface area contributed by atoms with Gasteiger partial charge in [0.25, 0.3) is 5.91 Å². The van der Waals surface area contributed by atoms with E-state index in [0.29, 0.717) is 25.3 Å². The normalized spacial score (nSPS) is 13.8. The van der Waals surface area contributed by atoms with Crippen molar-refractivity contribution in [3.05, 3.63) is 60.4 Å². The number of aromatic nitrogens is 2. The molecule has 7 nitrogen and oxygen atoms in total. The number of aryl methyl sites for hydroxylation is 1. The first kappa shape index (κ1) is 21.9. The Bertz CT molecular complexity index is 1040. The summed E-state index contributed by atoms with van der Waals surface area (Å²) < 4.78 is 7.51. The van der Waals surface area contributed by atoms with E-state index < -0.39 is 0 Å². The predicted octanol–water partition coefficient (Wildman–Crippen LogP) is 3.18. The second-order valence-corrected chi connectivity index (χ2v) is 8.10. The van der Waals surface area contributed by atoms with Gasteiger partial charge in [0.05, 0.1) is 11.0 Å². The standard InChI is InChI=1S/C25H30N4O3/c30-24(19-32-20-10-3-1-4-11-20)26-15-9-14-23-27-21-12-5-6-13-22(21)29(23)18-25(31)28-16-7-2-8-17-28/h1,3-6,10-13H,2,7-9,14-19H2,(H,26,30). The summed E-state index contributed by atoms with van der Waals surface area (Å²) in [5, 5.41) is 2.89. The molecule has 1 N–H and O–H groups in total. The van der Waals surface area contributed by atoms with Crippen LogP contribution >= 0.6 is 0 Å². The highest BCUT2D eigenvalue weighted by molar-refractivity contribution is 5.81. The highest BCUT2D eigenvalue weighted by Crippen LogP contribution is 2.18. The molecule has 0 atom stereocenters. The fraction of sp³-hybridized carbons (Fsp3) is 0.400. The van der Waals surface area contributed by atoms with E-state index in [1.54, 1.807) is 0 Å². The fourth-order valence-corrected chi connectivity index (χ4v) is 4.06. The Morgan fingerprint density at radius 3 is 2.53 bits per heavy atom. The molecule has 1 aliphatic rings. The highest BCUT2D eigenvalue weighted by Gasteiger charge is 2.19. The number of nitrogens with one attached hydrogen (secondary N) is 1. The van der Waals surface area contributed by atoms with Crippen LogP contribution in [0.4, 0.5) is 0 Å². The van der Waals surface area contributed by atoms with Crippen LogP contribution in [0.25, 0.3) is 11.0 Å². The number of carbonyl (C=O) groups is 2. The number of hydrogen-bond donors (Lipinski definition) is 1. The summed E-state index contributed by atoms with van der Waals surface area (Å²) in [5.74, 6) is 1.56. The maximum absolute atomic E-state index is 12.9. The summed E-state index contributed by atoms with van der Waals surface area (Å²) in [4.78, 5) is 31.7. The van der Waals surface area contributed by atoms with Crippen LogP contribution in [0.2, 0.25) is 0 Å². The molecule has 1 fully saturated rings. The Kier molecular flexibility index (Phi) is 7.38. The van der Waals surface area contributed by atoms with E-state index in [4.69, 9.17) is 9.72 Å². The molecule has 32 heavy (non-hydrogen) atoms. The molecule has 1 aliphatic heterocycles. The van der Waals surface area contributed by atoms with Gasteiger partial charge >= 0.3 is 0 Å². The molecule has 168 valence electrons. The van der Waals surface area contributed by atoms with Crippen LogP contribution in [0.3, 0.4) is 0 Å². The first-order chi connectivity index (χ1) is 15.7. The third-order valence-corrected chi connectivity index (χ3v) is 5.75. The van der Waals surface area contributed by atoms with Crippen LogP contribution in [-0.4, -0.2) is 52.5 Å². The number of nitrogens with zero attached hydrogens (tertiary/aromatic N) is 3. The second kappa shape index (κ2) is 10.8. The molecule has 2 amide bonds. The van der Waals surface area contributed by atoms with Gasteiger partial charge in [-0.25, -0.2) is 4.98 Å². The average Bonchev–Trinajstić information content (AvgIpc) is 3.19. The monoisotopic (exact) mass is 434 g/mol. The Balaban J connectivity index is 1.31. The van der Waals surface area contributed by atoms with Gasteiger partial charge in [-0.1, -0.05) is 30.3 Å². The van der Waals surface area contributed by atoms with Crippen molar-refractivity contribution < 1.29 is 14.3 Å². The summed E-state index contributed by atoms with van der Waals surface area (Å²) in [6, 6.07) is 17.2. The van der Waals surface area contributed by atoms with Gasteiger partial charge in [-0.3, -0.25) is 9.59 Å². The molecule has 1 aromatic heterocycles. The maximum atomic E-state index is 12.9. The number of fused-ring (bicyclic) bond motifs is 1. The minimum absolute atomic E-state index is 0.00708. The molecular formula is C25H30N4O3. The van der Waals surface area contributed by atoms with Crippen molar-refractivity contribution in [1.29, 1.82) is 0 Å². The molecule has 1 saturated heterocycles. The van der Waals surface area contributed by atoms with Crippen molar-refractivity contribution >= 4 is 22.8 Å². The third-order valence-electron chi connectivity index (χ3n) is 5.75. The lowest BCUT2D eigenvalue weighted by atomic mass is 10.1. The zero-order valence-electron chi connectivity index (χ0n) is 18.3. The maximum Gasteiger partial charge on any atom is 0.257 e. The molecule has 2 heterocycles. The number of hydrogen-bond acceptors (Lipinski definition) is 4. The van der Waals surface area contributed by atoms with Gasteiger partial charge in [-0.15, -0.1) is 0 Å². The lowest BCUT2D eigenvalue weighted by molar-refractivity contribution is -0.132. The number of carbonyl (C=O) groups excluding carboxylic acids is 2. The van der Waals surface area contributed by atoms with Gasteiger partial charge in [0.1, 0.15) is 18.1 Å². The summed E-state index contributed by atoms with van der Waals surface area (Å²) in [5.41, 5.74) is 1.88. The number of likely N-dealkylation sites (tertiary alicyclic amines) is 1. The van der Waals surface area contributed by atoms with Gasteiger partial charge in [-0.2, -0.15) is 0 Å². The number of piperidine rings is 1. The Morgan fingerprint density at radius 1 is 0.969 bits per heavy atom. The number of amides is 2. The van der Waals surface area contributed by atoms with Crippen LogP contribution < -0.4 is 10.1 Å². The first-order valence-corrected chi connectivity index (χ1v) is 11.4. The van der Waals surface area contributed by atoms with Gasteiger partial charge in [0, 0.05) is 26.1 Å². The highest BCUT2D eigenvalue weighted by atomic mass is 16.5. The molecule has 7 heteroatoms. The van der Waals surface area contributed by atoms with Crippen LogP contribution in [0.5, 0.6) is 5.75 Å². The van der Waals surface area contributed by atoms with Crippen LogP contribution in [0, 0.1) is 0 Å². The second-order valence-electron chi connectivity index (χ2n) is 8.10. The summed E-state index contributed by atoms with van der Waals surface area (Å²) in [7, 11) is 0. The summed E-state index contributed by atoms with van der Waals surface area (Å²) in [6.07, 6.45) is 4.78.